The zero-order chi connectivity index (χ0) is 63.1. The molecule has 0 unspecified atom stereocenters. The average molecular weight is 1190 g/mol. The Hall–Kier alpha value is -8.43. The highest BCUT2D eigenvalue weighted by Gasteiger charge is 2.60. The van der Waals surface area contributed by atoms with Crippen LogP contribution in [0.25, 0.3) is 22.3 Å². The van der Waals surface area contributed by atoms with Crippen molar-refractivity contribution in [1.82, 2.24) is 0 Å². The van der Waals surface area contributed by atoms with Crippen molar-refractivity contribution in [2.45, 2.75) is 138 Å². The molecule has 11 aromatic carbocycles. The molecule has 4 aliphatic heterocycles. The van der Waals surface area contributed by atoms with Crippen LogP contribution in [-0.4, -0.2) is 21.5 Å². The fraction of sp³-hybridized carbons (Fsp3) is 0.241. The summed E-state index contributed by atoms with van der Waals surface area (Å²) < 4.78 is 0. The lowest BCUT2D eigenvalue weighted by molar-refractivity contribution is 0.734. The van der Waals surface area contributed by atoms with Crippen molar-refractivity contribution in [2.75, 3.05) is 4.90 Å². The molecule has 0 aliphatic carbocycles. The van der Waals surface area contributed by atoms with Gasteiger partial charge in [0.15, 0.2) is 8.07 Å². The molecule has 0 fully saturated rings. The van der Waals surface area contributed by atoms with Crippen LogP contribution in [-0.2, 0) is 5.41 Å². The summed E-state index contributed by atoms with van der Waals surface area (Å²) in [5, 5.41) is 5.97. The Morgan fingerprint density at radius 2 is 0.692 bits per heavy atom. The van der Waals surface area contributed by atoms with Gasteiger partial charge >= 0.3 is 0 Å². The van der Waals surface area contributed by atoms with Crippen molar-refractivity contribution in [2.24, 2.45) is 0 Å². The van der Waals surface area contributed by atoms with E-state index in [1.165, 1.54) is 154 Å². The third kappa shape index (κ3) is 8.70. The number of nitrogens with zero attached hydrogens (tertiary/aromatic N) is 1. The summed E-state index contributed by atoms with van der Waals surface area (Å²) in [6.45, 7) is 33.5. The van der Waals surface area contributed by atoms with E-state index in [4.69, 9.17) is 0 Å². The van der Waals surface area contributed by atoms with Crippen molar-refractivity contribution in [3.8, 4) is 22.3 Å². The zero-order valence-electron chi connectivity index (χ0n) is 55.9. The summed E-state index contributed by atoms with van der Waals surface area (Å²) in [5.74, 6) is 2.26. The van der Waals surface area contributed by atoms with E-state index >= 15 is 0 Å². The molecule has 0 saturated heterocycles. The lowest BCUT2D eigenvalue weighted by Crippen LogP contribution is -2.78. The third-order valence-corrected chi connectivity index (χ3v) is 26.7. The molecule has 4 heterocycles. The summed E-state index contributed by atoms with van der Waals surface area (Å²) in [7, 11) is -2.83. The first-order chi connectivity index (χ1) is 43.9. The number of fused-ring (bicyclic) bond motifs is 17. The Labute approximate surface area is 544 Å². The van der Waals surface area contributed by atoms with Gasteiger partial charge in [-0.25, -0.2) is 0 Å². The topological polar surface area (TPSA) is 3.24 Å². The number of anilines is 3. The molecule has 448 valence electrons. The Morgan fingerprint density at radius 1 is 0.319 bits per heavy atom. The van der Waals surface area contributed by atoms with E-state index < -0.39 is 13.5 Å². The predicted molar refractivity (Wildman–Crippen MR) is 397 cm³/mol. The minimum absolute atomic E-state index is 0.0453. The first-order valence-electron chi connectivity index (χ1n) is 34.0. The highest BCUT2D eigenvalue weighted by Crippen LogP contribution is 2.59. The van der Waals surface area contributed by atoms with Crippen LogP contribution in [0.5, 0.6) is 0 Å². The average Bonchev–Trinajstić information content (AvgIpc) is 1.65. The van der Waals surface area contributed by atoms with E-state index in [0.717, 1.165) is 5.69 Å². The molecule has 15 rings (SSSR count). The quantitative estimate of drug-likeness (QED) is 0.123. The normalized spacial score (nSPS) is 14.5. The number of hydrogen-bond acceptors (Lipinski definition) is 1. The molecule has 0 radical (unpaired) electrons. The van der Waals surface area contributed by atoms with Gasteiger partial charge in [-0.05, 0) is 172 Å². The van der Waals surface area contributed by atoms with Gasteiger partial charge in [0, 0.05) is 5.69 Å². The number of benzene rings is 11. The van der Waals surface area contributed by atoms with Crippen LogP contribution in [0, 0.1) is 13.8 Å². The SMILES string of the molecule is Cc1ccc2c(c1)C1(c3cc(C)ccc3N2c2ccc(-c3ccc4c(c3)B(c3c(C(C)C)cc(C(C)C)cc3C(C)C)c3ccccc3B4c3c(C(C)C)cc(C(C)C)cc3C(C)C)cc2)c2ccccc2[Si]2(c3ccccc3-c3ccccc32)c2ccccc21. The first kappa shape index (κ1) is 58.9. The molecule has 0 aromatic heterocycles. The van der Waals surface area contributed by atoms with Crippen molar-refractivity contribution in [3.05, 3.63) is 291 Å². The van der Waals surface area contributed by atoms with Gasteiger partial charge in [-0.2, -0.15) is 0 Å². The number of rotatable bonds is 10. The molecular formula is C87H85B2NSi. The largest absolute Gasteiger partial charge is 0.310 e. The minimum Gasteiger partial charge on any atom is -0.310 e. The fourth-order valence-electron chi connectivity index (χ4n) is 17.6. The second kappa shape index (κ2) is 22.2. The van der Waals surface area contributed by atoms with Crippen LogP contribution in [0.2, 0.25) is 0 Å². The second-order valence-electron chi connectivity index (χ2n) is 29.1. The highest BCUT2D eigenvalue weighted by atomic mass is 28.3. The van der Waals surface area contributed by atoms with Crippen molar-refractivity contribution >= 4 is 92.1 Å². The maximum absolute atomic E-state index is 2.83. The summed E-state index contributed by atoms with van der Waals surface area (Å²) in [6.07, 6.45) is 0. The lowest BCUT2D eigenvalue weighted by atomic mass is 9.20. The van der Waals surface area contributed by atoms with Gasteiger partial charge < -0.3 is 4.90 Å². The lowest BCUT2D eigenvalue weighted by Gasteiger charge is -2.53. The Balaban J connectivity index is 0.931. The van der Waals surface area contributed by atoms with E-state index in [1.807, 2.05) is 0 Å². The van der Waals surface area contributed by atoms with Gasteiger partial charge in [0.25, 0.3) is 0 Å². The molecule has 0 bridgehead atoms. The zero-order valence-corrected chi connectivity index (χ0v) is 56.9. The van der Waals surface area contributed by atoms with E-state index in [0.29, 0.717) is 35.5 Å². The van der Waals surface area contributed by atoms with E-state index in [-0.39, 0.29) is 13.4 Å². The Kier molecular flexibility index (Phi) is 14.3. The number of hydrogen-bond donors (Lipinski definition) is 0. The molecular weight excluding hydrogens is 1110 g/mol. The maximum atomic E-state index is 2.63. The van der Waals surface area contributed by atoms with Crippen molar-refractivity contribution < 1.29 is 0 Å². The van der Waals surface area contributed by atoms with Crippen LogP contribution in [0.3, 0.4) is 0 Å². The molecule has 91 heavy (non-hydrogen) atoms. The molecule has 1 nitrogen and oxygen atoms in total. The summed E-state index contributed by atoms with van der Waals surface area (Å²) >= 11 is 0. The van der Waals surface area contributed by atoms with Gasteiger partial charge in [0.05, 0.1) is 16.8 Å². The molecule has 11 aromatic rings. The molecule has 0 amide bonds. The first-order valence-corrected chi connectivity index (χ1v) is 36.0. The molecule has 0 atom stereocenters. The highest BCUT2D eigenvalue weighted by molar-refractivity contribution is 7.23. The maximum Gasteiger partial charge on any atom is 0.240 e. The van der Waals surface area contributed by atoms with Crippen LogP contribution >= 0.6 is 0 Å². The van der Waals surface area contributed by atoms with Crippen LogP contribution in [0.15, 0.2) is 224 Å². The van der Waals surface area contributed by atoms with E-state index in [2.05, 4.69) is 326 Å². The molecule has 2 spiro atoms. The third-order valence-electron chi connectivity index (χ3n) is 21.7. The molecule has 0 N–H and O–H groups in total. The van der Waals surface area contributed by atoms with Gasteiger partial charge in [0.1, 0.15) is 0 Å². The van der Waals surface area contributed by atoms with Crippen molar-refractivity contribution in [3.63, 3.8) is 0 Å². The van der Waals surface area contributed by atoms with Gasteiger partial charge in [0.2, 0.25) is 13.4 Å². The van der Waals surface area contributed by atoms with Crippen LogP contribution < -0.4 is 58.4 Å². The fourth-order valence-corrected chi connectivity index (χ4v) is 23.3. The molecule has 4 aliphatic rings. The van der Waals surface area contributed by atoms with Gasteiger partial charge in [-0.1, -0.05) is 327 Å². The molecule has 4 heteroatoms. The van der Waals surface area contributed by atoms with E-state index in [9.17, 15) is 0 Å². The van der Waals surface area contributed by atoms with E-state index in [1.54, 1.807) is 0 Å². The summed E-state index contributed by atoms with van der Waals surface area (Å²) in [5.41, 5.74) is 33.8. The second-order valence-corrected chi connectivity index (χ2v) is 32.8. The summed E-state index contributed by atoms with van der Waals surface area (Å²) in [6, 6.07) is 89.7. The Morgan fingerprint density at radius 3 is 1.12 bits per heavy atom. The van der Waals surface area contributed by atoms with Crippen molar-refractivity contribution in [1.29, 1.82) is 0 Å². The predicted octanol–water partition coefficient (Wildman–Crippen LogP) is 15.9. The van der Waals surface area contributed by atoms with Gasteiger partial charge in [-0.15, -0.1) is 0 Å². The van der Waals surface area contributed by atoms with Gasteiger partial charge in [-0.3, -0.25) is 0 Å². The number of aryl methyl sites for hydroxylation is 2. The molecule has 0 saturated carbocycles. The minimum atomic E-state index is -2.83. The smallest absolute Gasteiger partial charge is 0.240 e. The van der Waals surface area contributed by atoms with Crippen LogP contribution in [0.1, 0.15) is 185 Å². The standard InChI is InChI=1S/C87H85B2NSi/c1-52(2)62-47-67(54(5)6)85(68(48-62)55(7)8)88-75-29-19-20-30-76(75)89(86-69(56(9)10)49-63(53(3)4)50-70(86)57(11)12)78-51-61(39-42-77(78)88)60-37-40-64(41-38-60)90-79-43-35-58(13)45-73(79)87(74-46-59(14)36-44-80(74)90)71-27-17-23-33-83(71)91(84-34-24-18-28-72(84)87)81-31-21-15-25-65(81)66-26-16-22-32-82(66)91/h15-57H,1-14H3. The summed E-state index contributed by atoms with van der Waals surface area (Å²) in [4.78, 5) is 2.58. The monoisotopic (exact) mass is 1190 g/mol. The Bertz CT molecular complexity index is 4520. The van der Waals surface area contributed by atoms with Crippen LogP contribution in [0.4, 0.5) is 17.1 Å².